The lowest BCUT2D eigenvalue weighted by atomic mass is 9.91. The highest BCUT2D eigenvalue weighted by Gasteiger charge is 2.38. The molecule has 2 aromatic heterocycles. The fourth-order valence-corrected chi connectivity index (χ4v) is 5.27. The average molecular weight is 562 g/mol. The second-order valence-corrected chi connectivity index (χ2v) is 10.1. The molecule has 4 heterocycles. The predicted octanol–water partition coefficient (Wildman–Crippen LogP) is 6.40. The topological polar surface area (TPSA) is 91.0 Å². The molecule has 3 aromatic rings. The molecule has 204 valence electrons. The summed E-state index contributed by atoms with van der Waals surface area (Å²) in [7, 11) is 0. The number of pyridine rings is 1. The number of aromatic nitrogens is 3. The third-order valence-electron chi connectivity index (χ3n) is 7.17. The van der Waals surface area contributed by atoms with Gasteiger partial charge >= 0.3 is 6.18 Å². The van der Waals surface area contributed by atoms with Gasteiger partial charge in [-0.05, 0) is 49.1 Å². The normalized spacial score (nSPS) is 20.5. The van der Waals surface area contributed by atoms with Gasteiger partial charge in [0.05, 0.1) is 39.9 Å². The van der Waals surface area contributed by atoms with E-state index in [-0.39, 0.29) is 30.4 Å². The molecule has 0 saturated carbocycles. The Balaban J connectivity index is 1.53. The number of hydrogen-bond donors (Lipinski definition) is 2. The van der Waals surface area contributed by atoms with Crippen LogP contribution in [0.1, 0.15) is 55.5 Å². The number of aromatic amines is 1. The zero-order valence-corrected chi connectivity index (χ0v) is 21.5. The lowest BCUT2D eigenvalue weighted by Crippen LogP contribution is -2.38. The Bertz CT molecular complexity index is 1470. The van der Waals surface area contributed by atoms with E-state index in [1.165, 1.54) is 11.1 Å². The smallest absolute Gasteiger partial charge is 0.330 e. The molecule has 0 radical (unpaired) electrons. The molecular weight excluding hydrogens is 538 g/mol. The number of anilines is 1. The van der Waals surface area contributed by atoms with Crippen LogP contribution in [0.4, 0.5) is 23.2 Å². The summed E-state index contributed by atoms with van der Waals surface area (Å²) >= 11 is 5.81. The van der Waals surface area contributed by atoms with Crippen LogP contribution in [0.3, 0.4) is 0 Å². The fourth-order valence-electron chi connectivity index (χ4n) is 5.12. The van der Waals surface area contributed by atoms with Crippen LogP contribution in [-0.4, -0.2) is 38.4 Å². The summed E-state index contributed by atoms with van der Waals surface area (Å²) < 4.78 is 55.9. The summed E-state index contributed by atoms with van der Waals surface area (Å²) in [5.41, 5.74) is 0.443. The molecule has 1 aromatic carbocycles. The molecule has 5 rings (SSSR count). The van der Waals surface area contributed by atoms with Crippen molar-refractivity contribution < 1.29 is 27.2 Å². The SMILES string of the molecule is C[C@@H]1CCC[C@H](N2CCC(c3c(C(F)(F)F)ccc(Cl)c3F)=CC2=O)c2cc(ccn2)-c2[nH]ncc2NC1=O. The van der Waals surface area contributed by atoms with Crippen LogP contribution in [0.25, 0.3) is 16.8 Å². The summed E-state index contributed by atoms with van der Waals surface area (Å²) in [6.07, 6.45) is 0.930. The molecule has 0 saturated heterocycles. The lowest BCUT2D eigenvalue weighted by molar-refractivity contribution is -0.138. The fraction of sp³-hybridized carbons (Fsp3) is 0.333. The van der Waals surface area contributed by atoms with E-state index in [4.69, 9.17) is 11.6 Å². The van der Waals surface area contributed by atoms with Crippen molar-refractivity contribution in [1.82, 2.24) is 20.1 Å². The van der Waals surface area contributed by atoms with Crippen molar-refractivity contribution in [2.75, 3.05) is 11.9 Å². The van der Waals surface area contributed by atoms with Gasteiger partial charge in [0, 0.05) is 35.9 Å². The Morgan fingerprint density at radius 1 is 1.15 bits per heavy atom. The van der Waals surface area contributed by atoms with E-state index in [0.717, 1.165) is 18.2 Å². The Kier molecular flexibility index (Phi) is 7.19. The number of amides is 2. The number of benzene rings is 1. The number of fused-ring (bicyclic) bond motifs is 4. The maximum Gasteiger partial charge on any atom is 0.417 e. The standard InChI is InChI=1S/C27H24ClF4N5O2/c1-14-3-2-4-21(19-11-16(7-9-33-19)25-20(13-34-36-25)35-26(14)39)37-10-8-15(12-22(37)38)23-17(27(30,31)32)5-6-18(28)24(23)29/h5-7,9,11-14,21H,2-4,8,10H2,1H3,(H,34,36)(H,35,39)/t14-,21+/m1/s1. The van der Waals surface area contributed by atoms with Gasteiger partial charge in [0.25, 0.3) is 0 Å². The molecule has 0 unspecified atom stereocenters. The quantitative estimate of drug-likeness (QED) is 0.354. The molecule has 0 fully saturated rings. The van der Waals surface area contributed by atoms with Crippen molar-refractivity contribution in [2.24, 2.45) is 5.92 Å². The van der Waals surface area contributed by atoms with Gasteiger partial charge in [-0.15, -0.1) is 0 Å². The number of alkyl halides is 3. The molecule has 2 bridgehead atoms. The van der Waals surface area contributed by atoms with Crippen LogP contribution in [0.2, 0.25) is 5.02 Å². The van der Waals surface area contributed by atoms with Crippen molar-refractivity contribution >= 4 is 34.7 Å². The van der Waals surface area contributed by atoms with Gasteiger partial charge in [0.15, 0.2) is 0 Å². The van der Waals surface area contributed by atoms with E-state index in [0.29, 0.717) is 41.9 Å². The van der Waals surface area contributed by atoms with E-state index in [9.17, 15) is 27.2 Å². The molecule has 2 amide bonds. The second kappa shape index (κ2) is 10.4. The number of H-pyrrole nitrogens is 1. The van der Waals surface area contributed by atoms with Crippen molar-refractivity contribution in [3.05, 3.63) is 70.4 Å². The third-order valence-corrected chi connectivity index (χ3v) is 7.46. The molecule has 39 heavy (non-hydrogen) atoms. The summed E-state index contributed by atoms with van der Waals surface area (Å²) in [5.74, 6) is -2.23. The van der Waals surface area contributed by atoms with Gasteiger partial charge in [0.1, 0.15) is 5.82 Å². The first-order valence-electron chi connectivity index (χ1n) is 12.4. The Morgan fingerprint density at radius 3 is 2.69 bits per heavy atom. The first-order chi connectivity index (χ1) is 18.5. The van der Waals surface area contributed by atoms with Gasteiger partial charge in [-0.3, -0.25) is 19.7 Å². The molecular formula is C27H24ClF4N5O2. The second-order valence-electron chi connectivity index (χ2n) is 9.70. The van der Waals surface area contributed by atoms with E-state index in [2.05, 4.69) is 20.5 Å². The summed E-state index contributed by atoms with van der Waals surface area (Å²) in [6, 6.07) is 4.61. The Labute approximate surface area is 226 Å². The average Bonchev–Trinajstić information content (AvgIpc) is 3.35. The van der Waals surface area contributed by atoms with Gasteiger partial charge in [-0.1, -0.05) is 24.9 Å². The zero-order chi connectivity index (χ0) is 27.9. The molecule has 0 aliphatic carbocycles. The number of carbonyl (C=O) groups excluding carboxylic acids is 2. The van der Waals surface area contributed by atoms with Crippen molar-refractivity contribution in [2.45, 2.75) is 44.8 Å². The maximum atomic E-state index is 14.9. The van der Waals surface area contributed by atoms with Crippen molar-refractivity contribution in [3.63, 3.8) is 0 Å². The van der Waals surface area contributed by atoms with Crippen molar-refractivity contribution in [1.29, 1.82) is 0 Å². The molecule has 2 aliphatic rings. The Morgan fingerprint density at radius 2 is 1.95 bits per heavy atom. The summed E-state index contributed by atoms with van der Waals surface area (Å²) in [4.78, 5) is 32.1. The van der Waals surface area contributed by atoms with Crippen LogP contribution in [0.5, 0.6) is 0 Å². The van der Waals surface area contributed by atoms with Gasteiger partial charge in [-0.2, -0.15) is 18.3 Å². The highest BCUT2D eigenvalue weighted by Crippen LogP contribution is 2.41. The molecule has 2 aliphatic heterocycles. The highest BCUT2D eigenvalue weighted by molar-refractivity contribution is 6.31. The monoisotopic (exact) mass is 561 g/mol. The minimum atomic E-state index is -4.83. The van der Waals surface area contributed by atoms with Crippen molar-refractivity contribution in [3.8, 4) is 11.3 Å². The van der Waals surface area contributed by atoms with Crippen LogP contribution in [0.15, 0.2) is 42.7 Å². The van der Waals surface area contributed by atoms with E-state index >= 15 is 0 Å². The van der Waals surface area contributed by atoms with E-state index in [1.807, 2.05) is 6.92 Å². The number of carbonyl (C=O) groups is 2. The minimum Gasteiger partial charge on any atom is -0.330 e. The molecule has 12 heteroatoms. The number of rotatable bonds is 2. The molecule has 2 N–H and O–H groups in total. The van der Waals surface area contributed by atoms with Gasteiger partial charge in [0.2, 0.25) is 11.8 Å². The van der Waals surface area contributed by atoms with Crippen LogP contribution in [-0.2, 0) is 15.8 Å². The van der Waals surface area contributed by atoms with E-state index in [1.54, 1.807) is 18.3 Å². The first kappa shape index (κ1) is 26.9. The highest BCUT2D eigenvalue weighted by atomic mass is 35.5. The zero-order valence-electron chi connectivity index (χ0n) is 20.8. The van der Waals surface area contributed by atoms with Crippen LogP contribution >= 0.6 is 11.6 Å². The predicted molar refractivity (Wildman–Crippen MR) is 137 cm³/mol. The number of hydrogen-bond acceptors (Lipinski definition) is 4. The summed E-state index contributed by atoms with van der Waals surface area (Å²) in [6.45, 7) is 1.86. The minimum absolute atomic E-state index is 0.00816. The van der Waals surface area contributed by atoms with Crippen LogP contribution in [0, 0.1) is 11.7 Å². The summed E-state index contributed by atoms with van der Waals surface area (Å²) in [5, 5.41) is 9.38. The molecule has 7 nitrogen and oxygen atoms in total. The first-order valence-corrected chi connectivity index (χ1v) is 12.8. The number of halogens is 5. The lowest BCUT2D eigenvalue weighted by Gasteiger charge is -2.35. The van der Waals surface area contributed by atoms with Gasteiger partial charge < -0.3 is 10.2 Å². The number of nitrogens with zero attached hydrogens (tertiary/aromatic N) is 3. The Hall–Kier alpha value is -3.73. The van der Waals surface area contributed by atoms with Crippen LogP contribution < -0.4 is 5.32 Å². The maximum absolute atomic E-state index is 14.9. The van der Waals surface area contributed by atoms with Gasteiger partial charge in [-0.25, -0.2) is 4.39 Å². The molecule has 2 atom stereocenters. The molecule has 0 spiro atoms. The number of nitrogens with one attached hydrogen (secondary N) is 2. The third kappa shape index (κ3) is 5.27. The van der Waals surface area contributed by atoms with E-state index < -0.39 is 40.1 Å². The largest absolute Gasteiger partial charge is 0.417 e.